The molecule has 51 heavy (non-hydrogen) atoms. The average molecular weight is 688 g/mol. The second-order valence-electron chi connectivity index (χ2n) is 13.0. The lowest BCUT2D eigenvalue weighted by Crippen LogP contribution is -2.49. The first-order chi connectivity index (χ1) is 24.5. The molecule has 0 bridgehead atoms. The third kappa shape index (κ3) is 9.73. The number of hydrogen-bond donors (Lipinski definition) is 0. The molecule has 0 radical (unpaired) electrons. The molecular formula is C43H49N3O5. The molecule has 0 atom stereocenters. The van der Waals surface area contributed by atoms with Gasteiger partial charge in [-0.1, -0.05) is 75.5 Å². The van der Waals surface area contributed by atoms with Gasteiger partial charge in [0.1, 0.15) is 5.71 Å². The highest BCUT2D eigenvalue weighted by Gasteiger charge is 2.33. The molecule has 0 unspecified atom stereocenters. The lowest BCUT2D eigenvalue weighted by Gasteiger charge is -2.36. The maximum absolute atomic E-state index is 13.6. The van der Waals surface area contributed by atoms with Crippen LogP contribution >= 0.6 is 0 Å². The summed E-state index contributed by atoms with van der Waals surface area (Å²) < 4.78 is 0. The van der Waals surface area contributed by atoms with Crippen LogP contribution in [-0.2, 0) is 9.63 Å². The number of nitrogens with zero attached hydrogens (tertiary/aromatic N) is 3. The van der Waals surface area contributed by atoms with E-state index in [-0.39, 0.29) is 23.1 Å². The first-order valence-corrected chi connectivity index (χ1v) is 17.8. The van der Waals surface area contributed by atoms with Crippen LogP contribution in [0.15, 0.2) is 108 Å². The molecule has 0 fully saturated rings. The van der Waals surface area contributed by atoms with Gasteiger partial charge in [-0.25, -0.2) is 4.79 Å². The SMILES string of the molecule is CCCCCC/C(=N\OC(C)=O)C(=O)c1ccc(N(c2ccc(C(=O)c3ccccc3)cc2)c2ccc(C(=O)C(C)(C)N(CC)CC)cc2)cc1. The van der Waals surface area contributed by atoms with Gasteiger partial charge < -0.3 is 9.74 Å². The fourth-order valence-electron chi connectivity index (χ4n) is 6.21. The number of oxime groups is 1. The predicted octanol–water partition coefficient (Wildman–Crippen LogP) is 9.76. The number of unbranched alkanes of at least 4 members (excludes halogenated alkanes) is 3. The zero-order valence-corrected chi connectivity index (χ0v) is 30.6. The Labute approximate surface area is 302 Å². The van der Waals surface area contributed by atoms with Crippen molar-refractivity contribution < 1.29 is 24.0 Å². The van der Waals surface area contributed by atoms with Crippen LogP contribution in [0, 0.1) is 0 Å². The second kappa shape index (κ2) is 18.2. The maximum atomic E-state index is 13.6. The summed E-state index contributed by atoms with van der Waals surface area (Å²) in [5, 5.41) is 3.90. The molecule has 4 aromatic rings. The maximum Gasteiger partial charge on any atom is 0.331 e. The summed E-state index contributed by atoms with van der Waals surface area (Å²) in [6, 6.07) is 31.2. The summed E-state index contributed by atoms with van der Waals surface area (Å²) in [7, 11) is 0. The Bertz CT molecular complexity index is 1810. The molecule has 8 heteroatoms. The summed E-state index contributed by atoms with van der Waals surface area (Å²) in [5.74, 6) is -0.915. The number of hydrogen-bond acceptors (Lipinski definition) is 8. The zero-order valence-electron chi connectivity index (χ0n) is 30.6. The van der Waals surface area contributed by atoms with Crippen LogP contribution in [0.25, 0.3) is 0 Å². The molecule has 0 aliphatic carbocycles. The lowest BCUT2D eigenvalue weighted by atomic mass is 9.91. The molecule has 0 aliphatic rings. The standard InChI is InChI=1S/C43H49N3O5/c1-7-10-11-15-18-39(44-51-31(4)47)41(49)34-21-27-37(28-22-34)46(36-25-19-33(20-26-36)40(48)32-16-13-12-14-17-32)38-29-23-35(24-30-38)42(50)43(5,6)45(8-2)9-3/h12-14,16-17,19-30H,7-11,15,18H2,1-6H3/b44-39+. The second-order valence-corrected chi connectivity index (χ2v) is 13.0. The number of ketones is 3. The molecule has 0 aliphatic heterocycles. The molecule has 4 aromatic carbocycles. The first kappa shape index (κ1) is 38.6. The Morgan fingerprint density at radius 1 is 0.627 bits per heavy atom. The molecule has 0 saturated carbocycles. The van der Waals surface area contributed by atoms with Crippen LogP contribution < -0.4 is 4.90 Å². The van der Waals surface area contributed by atoms with Crippen molar-refractivity contribution in [3.05, 3.63) is 125 Å². The molecule has 0 spiro atoms. The van der Waals surface area contributed by atoms with Crippen LogP contribution in [-0.4, -0.2) is 52.6 Å². The minimum Gasteiger partial charge on any atom is -0.318 e. The van der Waals surface area contributed by atoms with Crippen molar-refractivity contribution in [1.29, 1.82) is 0 Å². The van der Waals surface area contributed by atoms with Crippen LogP contribution in [0.3, 0.4) is 0 Å². The Hall–Kier alpha value is -5.21. The Morgan fingerprint density at radius 3 is 1.61 bits per heavy atom. The van der Waals surface area contributed by atoms with Crippen molar-refractivity contribution in [2.24, 2.45) is 5.16 Å². The van der Waals surface area contributed by atoms with Crippen LogP contribution in [0.4, 0.5) is 17.1 Å². The quantitative estimate of drug-likeness (QED) is 0.0338. The van der Waals surface area contributed by atoms with Gasteiger partial charge in [0, 0.05) is 46.2 Å². The molecular weight excluding hydrogens is 638 g/mol. The minimum atomic E-state index is -0.665. The highest BCUT2D eigenvalue weighted by atomic mass is 16.7. The molecule has 266 valence electrons. The minimum absolute atomic E-state index is 0.0388. The van der Waals surface area contributed by atoms with Gasteiger partial charge in [0.25, 0.3) is 0 Å². The van der Waals surface area contributed by atoms with Crippen LogP contribution in [0.2, 0.25) is 0 Å². The van der Waals surface area contributed by atoms with E-state index in [1.54, 1.807) is 36.4 Å². The molecule has 0 N–H and O–H groups in total. The third-order valence-corrected chi connectivity index (χ3v) is 9.12. The largest absolute Gasteiger partial charge is 0.331 e. The van der Waals surface area contributed by atoms with Crippen molar-refractivity contribution in [2.75, 3.05) is 18.0 Å². The monoisotopic (exact) mass is 687 g/mol. The zero-order chi connectivity index (χ0) is 37.0. The van der Waals surface area contributed by atoms with Crippen molar-refractivity contribution in [1.82, 2.24) is 4.90 Å². The topological polar surface area (TPSA) is 96.3 Å². The first-order valence-electron chi connectivity index (χ1n) is 17.8. The highest BCUT2D eigenvalue weighted by Crippen LogP contribution is 2.36. The van der Waals surface area contributed by atoms with Gasteiger partial charge in [-0.2, -0.15) is 0 Å². The van der Waals surface area contributed by atoms with Gasteiger partial charge in [-0.3, -0.25) is 19.3 Å². The molecule has 0 saturated heterocycles. The van der Waals surface area contributed by atoms with Crippen molar-refractivity contribution >= 4 is 46.1 Å². The number of likely N-dealkylation sites (N-methyl/N-ethyl adjacent to an activating group) is 1. The Morgan fingerprint density at radius 2 is 1.12 bits per heavy atom. The molecule has 0 heterocycles. The van der Waals surface area contributed by atoms with Gasteiger partial charge in [-0.05, 0) is 113 Å². The molecule has 0 amide bonds. The number of carbonyl (C=O) groups is 4. The van der Waals surface area contributed by atoms with E-state index < -0.39 is 11.5 Å². The number of benzene rings is 4. The average Bonchev–Trinajstić information content (AvgIpc) is 3.15. The Kier molecular flexibility index (Phi) is 13.7. The van der Waals surface area contributed by atoms with Crippen LogP contribution in [0.5, 0.6) is 0 Å². The van der Waals surface area contributed by atoms with Crippen molar-refractivity contribution in [3.8, 4) is 0 Å². The summed E-state index contributed by atoms with van der Waals surface area (Å²) in [6.07, 6.45) is 4.22. The number of carbonyl (C=O) groups excluding carboxylic acids is 4. The van der Waals surface area contributed by atoms with E-state index >= 15 is 0 Å². The predicted molar refractivity (Wildman–Crippen MR) is 205 cm³/mol. The van der Waals surface area contributed by atoms with Gasteiger partial charge >= 0.3 is 5.97 Å². The van der Waals surface area contributed by atoms with E-state index in [0.717, 1.165) is 55.8 Å². The van der Waals surface area contributed by atoms with E-state index in [1.807, 2.05) is 85.5 Å². The van der Waals surface area contributed by atoms with Crippen LogP contribution in [0.1, 0.15) is 110 Å². The smallest absolute Gasteiger partial charge is 0.318 e. The van der Waals surface area contributed by atoms with Gasteiger partial charge in [0.2, 0.25) is 5.78 Å². The van der Waals surface area contributed by atoms with E-state index in [2.05, 4.69) is 30.8 Å². The van der Waals surface area contributed by atoms with E-state index in [1.165, 1.54) is 6.92 Å². The molecule has 8 nitrogen and oxygen atoms in total. The summed E-state index contributed by atoms with van der Waals surface area (Å²) in [4.78, 5) is 60.9. The fourth-order valence-corrected chi connectivity index (χ4v) is 6.21. The normalized spacial score (nSPS) is 11.7. The van der Waals surface area contributed by atoms with E-state index in [9.17, 15) is 19.2 Å². The molecule has 4 rings (SSSR count). The molecule has 0 aromatic heterocycles. The van der Waals surface area contributed by atoms with Gasteiger partial charge in [-0.15, -0.1) is 0 Å². The number of rotatable bonds is 18. The van der Waals surface area contributed by atoms with Gasteiger partial charge in [0.15, 0.2) is 11.6 Å². The van der Waals surface area contributed by atoms with Crippen molar-refractivity contribution in [2.45, 2.75) is 79.2 Å². The summed E-state index contributed by atoms with van der Waals surface area (Å²) >= 11 is 0. The highest BCUT2D eigenvalue weighted by molar-refractivity contribution is 6.45. The third-order valence-electron chi connectivity index (χ3n) is 9.12. The number of Topliss-reactive ketones (excluding diaryl/α,β-unsaturated/α-hetero) is 2. The lowest BCUT2D eigenvalue weighted by molar-refractivity contribution is -0.140. The fraction of sp³-hybridized carbons (Fsp3) is 0.326. The Balaban J connectivity index is 1.70. The summed E-state index contributed by atoms with van der Waals surface area (Å²) in [5.41, 5.74) is 4.08. The van der Waals surface area contributed by atoms with Crippen molar-refractivity contribution in [3.63, 3.8) is 0 Å². The van der Waals surface area contributed by atoms with Gasteiger partial charge in [0.05, 0.1) is 5.54 Å². The summed E-state index contributed by atoms with van der Waals surface area (Å²) in [6.45, 7) is 12.9. The van der Waals surface area contributed by atoms with E-state index in [0.29, 0.717) is 28.7 Å². The van der Waals surface area contributed by atoms with E-state index in [4.69, 9.17) is 4.84 Å². The number of anilines is 3.